The molecular weight excluding hydrogens is 294 g/mol. The molecule has 1 aliphatic heterocycles. The number of methoxy groups -OCH3 is 1. The Bertz CT molecular complexity index is 669. The summed E-state index contributed by atoms with van der Waals surface area (Å²) in [5.41, 5.74) is 1.14. The number of benzene rings is 2. The predicted octanol–water partition coefficient (Wildman–Crippen LogP) is 2.19. The van der Waals surface area contributed by atoms with Gasteiger partial charge in [0.15, 0.2) is 11.5 Å². The molecule has 3 rings (SSSR count). The summed E-state index contributed by atoms with van der Waals surface area (Å²) in [5.74, 6) is 1.95. The molecule has 0 aliphatic carbocycles. The molecule has 5 nitrogen and oxygen atoms in total. The maximum Gasteiger partial charge on any atom is 0.264 e. The highest BCUT2D eigenvalue weighted by Crippen LogP contribution is 2.30. The zero-order valence-electron chi connectivity index (χ0n) is 13.0. The summed E-state index contributed by atoms with van der Waals surface area (Å²) in [6.45, 7) is 0.776. The Morgan fingerprint density at radius 3 is 2.65 bits per heavy atom. The smallest absolute Gasteiger partial charge is 0.264 e. The number of nitrogens with one attached hydrogen (secondary N) is 1. The Balaban J connectivity index is 1.48. The van der Waals surface area contributed by atoms with Crippen molar-refractivity contribution in [3.05, 3.63) is 54.1 Å². The fourth-order valence-corrected chi connectivity index (χ4v) is 2.38. The van der Waals surface area contributed by atoms with Gasteiger partial charge in [-0.2, -0.15) is 0 Å². The molecule has 1 aliphatic rings. The van der Waals surface area contributed by atoms with Gasteiger partial charge in [0.2, 0.25) is 6.10 Å². The maximum atomic E-state index is 12.2. The summed E-state index contributed by atoms with van der Waals surface area (Å²) in [5, 5.41) is 2.89. The van der Waals surface area contributed by atoms with Crippen LogP contribution in [0.25, 0.3) is 0 Å². The van der Waals surface area contributed by atoms with Crippen molar-refractivity contribution in [2.75, 3.05) is 20.3 Å². The fraction of sp³-hybridized carbons (Fsp3) is 0.278. The first-order chi connectivity index (χ1) is 11.3. The molecule has 1 amide bonds. The first kappa shape index (κ1) is 15.2. The Morgan fingerprint density at radius 2 is 1.91 bits per heavy atom. The highest BCUT2D eigenvalue weighted by Gasteiger charge is 2.26. The van der Waals surface area contributed by atoms with Crippen LogP contribution in [0.1, 0.15) is 5.56 Å². The Hall–Kier alpha value is -2.69. The number of hydrogen-bond acceptors (Lipinski definition) is 4. The van der Waals surface area contributed by atoms with Crippen molar-refractivity contribution < 1.29 is 19.0 Å². The number of ether oxygens (including phenoxy) is 3. The molecular formula is C18H19NO4. The van der Waals surface area contributed by atoms with Crippen molar-refractivity contribution in [3.63, 3.8) is 0 Å². The predicted molar refractivity (Wildman–Crippen MR) is 86.1 cm³/mol. The number of hydrogen-bond donors (Lipinski definition) is 1. The van der Waals surface area contributed by atoms with E-state index in [4.69, 9.17) is 14.2 Å². The Labute approximate surface area is 135 Å². The summed E-state index contributed by atoms with van der Waals surface area (Å²) in [4.78, 5) is 12.2. The minimum absolute atomic E-state index is 0.159. The lowest BCUT2D eigenvalue weighted by molar-refractivity contribution is -0.130. The molecule has 1 N–H and O–H groups in total. The van der Waals surface area contributed by atoms with Gasteiger partial charge >= 0.3 is 0 Å². The zero-order chi connectivity index (χ0) is 16.1. The Kier molecular flexibility index (Phi) is 4.66. The van der Waals surface area contributed by atoms with E-state index in [2.05, 4.69) is 5.32 Å². The molecule has 0 aromatic heterocycles. The molecule has 1 heterocycles. The van der Waals surface area contributed by atoms with Gasteiger partial charge in [-0.25, -0.2) is 0 Å². The number of rotatable bonds is 5. The summed E-state index contributed by atoms with van der Waals surface area (Å²) in [6, 6.07) is 15.1. The minimum Gasteiger partial charge on any atom is -0.497 e. The second kappa shape index (κ2) is 7.05. The van der Waals surface area contributed by atoms with Crippen LogP contribution in [0.5, 0.6) is 17.2 Å². The molecule has 2 aromatic carbocycles. The first-order valence-corrected chi connectivity index (χ1v) is 7.55. The second-order valence-corrected chi connectivity index (χ2v) is 5.25. The molecule has 23 heavy (non-hydrogen) atoms. The van der Waals surface area contributed by atoms with Crippen LogP contribution in [0.2, 0.25) is 0 Å². The molecule has 5 heteroatoms. The van der Waals surface area contributed by atoms with E-state index in [1.165, 1.54) is 0 Å². The molecule has 0 saturated heterocycles. The van der Waals surface area contributed by atoms with Gasteiger partial charge < -0.3 is 19.5 Å². The summed E-state index contributed by atoms with van der Waals surface area (Å²) in [6.07, 6.45) is 0.139. The quantitative estimate of drug-likeness (QED) is 0.919. The van der Waals surface area contributed by atoms with Crippen LogP contribution in [0.15, 0.2) is 48.5 Å². The van der Waals surface area contributed by atoms with Crippen molar-refractivity contribution in [2.24, 2.45) is 0 Å². The van der Waals surface area contributed by atoms with Crippen molar-refractivity contribution in [1.29, 1.82) is 0 Å². The molecule has 0 fully saturated rings. The van der Waals surface area contributed by atoms with Crippen molar-refractivity contribution >= 4 is 5.91 Å². The van der Waals surface area contributed by atoms with E-state index in [0.29, 0.717) is 18.0 Å². The van der Waals surface area contributed by atoms with E-state index < -0.39 is 6.10 Å². The topological polar surface area (TPSA) is 56.8 Å². The van der Waals surface area contributed by atoms with Crippen LogP contribution in [0.3, 0.4) is 0 Å². The normalized spacial score (nSPS) is 15.8. The van der Waals surface area contributed by atoms with Gasteiger partial charge in [-0.3, -0.25) is 4.79 Å². The first-order valence-electron chi connectivity index (χ1n) is 7.55. The molecule has 0 radical (unpaired) electrons. The van der Waals surface area contributed by atoms with E-state index in [1.807, 2.05) is 42.5 Å². The van der Waals surface area contributed by atoms with Crippen LogP contribution in [-0.2, 0) is 11.2 Å². The number of carbonyl (C=O) groups excluding carboxylic acids is 1. The van der Waals surface area contributed by atoms with Gasteiger partial charge in [-0.15, -0.1) is 0 Å². The van der Waals surface area contributed by atoms with Crippen LogP contribution < -0.4 is 19.5 Å². The molecule has 0 bridgehead atoms. The van der Waals surface area contributed by atoms with Gasteiger partial charge in [-0.1, -0.05) is 24.3 Å². The average Bonchev–Trinajstić information content (AvgIpc) is 2.61. The lowest BCUT2D eigenvalue weighted by atomic mass is 10.1. The third kappa shape index (κ3) is 3.74. The number of carbonyl (C=O) groups is 1. The largest absolute Gasteiger partial charge is 0.497 e. The second-order valence-electron chi connectivity index (χ2n) is 5.25. The SMILES string of the molecule is COc1ccc(CCNC(=O)C2COc3ccccc3O2)cc1. The molecule has 0 saturated carbocycles. The summed E-state index contributed by atoms with van der Waals surface area (Å²) >= 11 is 0. The number of para-hydroxylation sites is 2. The van der Waals surface area contributed by atoms with Crippen molar-refractivity contribution in [3.8, 4) is 17.2 Å². The lowest BCUT2D eigenvalue weighted by Crippen LogP contribution is -2.44. The molecule has 120 valence electrons. The van der Waals surface area contributed by atoms with Crippen LogP contribution in [0, 0.1) is 0 Å². The lowest BCUT2D eigenvalue weighted by Gasteiger charge is -2.25. The molecule has 1 unspecified atom stereocenters. The van der Waals surface area contributed by atoms with Crippen LogP contribution in [-0.4, -0.2) is 32.3 Å². The third-order valence-corrected chi connectivity index (χ3v) is 3.67. The van der Waals surface area contributed by atoms with Gasteiger partial charge in [0.25, 0.3) is 5.91 Å². The third-order valence-electron chi connectivity index (χ3n) is 3.67. The van der Waals surface area contributed by atoms with E-state index in [1.54, 1.807) is 13.2 Å². The number of amides is 1. The highest BCUT2D eigenvalue weighted by atomic mass is 16.6. The van der Waals surface area contributed by atoms with E-state index in [0.717, 1.165) is 17.7 Å². The number of fused-ring (bicyclic) bond motifs is 1. The van der Waals surface area contributed by atoms with Crippen molar-refractivity contribution in [1.82, 2.24) is 5.32 Å². The highest BCUT2D eigenvalue weighted by molar-refractivity contribution is 5.81. The Morgan fingerprint density at radius 1 is 1.17 bits per heavy atom. The molecule has 0 spiro atoms. The van der Waals surface area contributed by atoms with Gasteiger partial charge in [0, 0.05) is 6.54 Å². The molecule has 2 aromatic rings. The summed E-state index contributed by atoms with van der Waals surface area (Å²) < 4.78 is 16.3. The van der Waals surface area contributed by atoms with Crippen LogP contribution >= 0.6 is 0 Å². The minimum atomic E-state index is -0.610. The van der Waals surface area contributed by atoms with E-state index in [9.17, 15) is 4.79 Å². The van der Waals surface area contributed by atoms with E-state index in [-0.39, 0.29) is 12.5 Å². The standard InChI is InChI=1S/C18H19NO4/c1-21-14-8-6-13(7-9-14)10-11-19-18(20)17-12-22-15-4-2-3-5-16(15)23-17/h2-9,17H,10-12H2,1H3,(H,19,20). The summed E-state index contributed by atoms with van der Waals surface area (Å²) in [7, 11) is 1.64. The van der Waals surface area contributed by atoms with Gasteiger partial charge in [0.05, 0.1) is 7.11 Å². The fourth-order valence-electron chi connectivity index (χ4n) is 2.38. The zero-order valence-corrected chi connectivity index (χ0v) is 13.0. The van der Waals surface area contributed by atoms with Crippen LogP contribution in [0.4, 0.5) is 0 Å². The van der Waals surface area contributed by atoms with Gasteiger partial charge in [-0.05, 0) is 36.2 Å². The average molecular weight is 313 g/mol. The maximum absolute atomic E-state index is 12.2. The molecule has 1 atom stereocenters. The van der Waals surface area contributed by atoms with Crippen molar-refractivity contribution in [2.45, 2.75) is 12.5 Å². The monoisotopic (exact) mass is 313 g/mol. The van der Waals surface area contributed by atoms with E-state index >= 15 is 0 Å². The van der Waals surface area contributed by atoms with Gasteiger partial charge in [0.1, 0.15) is 12.4 Å².